The molecule has 3 nitrogen and oxygen atoms in total. The number of hydrogen-bond acceptors (Lipinski definition) is 3. The molecule has 0 bridgehead atoms. The third kappa shape index (κ3) is 6.24. The summed E-state index contributed by atoms with van der Waals surface area (Å²) < 4.78 is 0. The molecule has 114 valence electrons. The van der Waals surface area contributed by atoms with Crippen molar-refractivity contribution in [3.8, 4) is 0 Å². The van der Waals surface area contributed by atoms with Crippen LogP contribution in [-0.4, -0.2) is 18.6 Å². The summed E-state index contributed by atoms with van der Waals surface area (Å²) in [5, 5.41) is 0. The summed E-state index contributed by atoms with van der Waals surface area (Å²) in [5.41, 5.74) is 18.8. The minimum atomic E-state index is 0.323. The van der Waals surface area contributed by atoms with Crippen LogP contribution in [0.3, 0.4) is 0 Å². The zero-order chi connectivity index (χ0) is 14.5. The van der Waals surface area contributed by atoms with E-state index in [-0.39, 0.29) is 0 Å². The lowest BCUT2D eigenvalue weighted by atomic mass is 9.61. The van der Waals surface area contributed by atoms with E-state index in [1.54, 1.807) is 0 Å². The van der Waals surface area contributed by atoms with E-state index in [9.17, 15) is 0 Å². The van der Waals surface area contributed by atoms with Gasteiger partial charge in [-0.2, -0.15) is 0 Å². The van der Waals surface area contributed by atoms with Crippen molar-refractivity contribution in [2.75, 3.05) is 6.54 Å². The van der Waals surface area contributed by atoms with Crippen LogP contribution in [0, 0.1) is 10.8 Å². The molecule has 1 aliphatic carbocycles. The first-order valence-electron chi connectivity index (χ1n) is 7.98. The van der Waals surface area contributed by atoms with Crippen LogP contribution in [-0.2, 0) is 0 Å². The number of rotatable bonds is 7. The van der Waals surface area contributed by atoms with Crippen LogP contribution in [0.4, 0.5) is 0 Å². The summed E-state index contributed by atoms with van der Waals surface area (Å²) in [6.07, 6.45) is 9.33. The standard InChI is InChI=1S/C16H35N3/c1-15(2)9-14(19)11-16(3,12-15)10-13(18)7-5-4-6-8-17/h13-14H,4-12,17-19H2,1-3H3. The normalized spacial score (nSPS) is 32.2. The zero-order valence-electron chi connectivity index (χ0n) is 13.3. The van der Waals surface area contributed by atoms with Crippen LogP contribution in [0.1, 0.15) is 72.1 Å². The van der Waals surface area contributed by atoms with E-state index in [2.05, 4.69) is 20.8 Å². The first-order valence-corrected chi connectivity index (χ1v) is 7.98. The predicted octanol–water partition coefficient (Wildman–Crippen LogP) is 2.77. The fourth-order valence-electron chi connectivity index (χ4n) is 4.33. The Morgan fingerprint density at radius 1 is 1.11 bits per heavy atom. The number of nitrogens with two attached hydrogens (primary N) is 3. The van der Waals surface area contributed by atoms with Crippen molar-refractivity contribution in [1.82, 2.24) is 0 Å². The molecule has 3 heteroatoms. The molecule has 0 aromatic carbocycles. The fraction of sp³-hybridized carbons (Fsp3) is 1.00. The Bertz CT molecular complexity index is 265. The van der Waals surface area contributed by atoms with Gasteiger partial charge in [-0.05, 0) is 55.9 Å². The van der Waals surface area contributed by atoms with Crippen molar-refractivity contribution in [2.24, 2.45) is 28.0 Å². The Kier molecular flexibility index (Phi) is 6.28. The van der Waals surface area contributed by atoms with Crippen molar-refractivity contribution in [1.29, 1.82) is 0 Å². The van der Waals surface area contributed by atoms with Gasteiger partial charge in [-0.1, -0.05) is 33.6 Å². The maximum atomic E-state index is 6.33. The third-order valence-electron chi connectivity index (χ3n) is 4.51. The maximum Gasteiger partial charge on any atom is 0.00491 e. The van der Waals surface area contributed by atoms with Gasteiger partial charge in [-0.3, -0.25) is 0 Å². The van der Waals surface area contributed by atoms with E-state index in [1.165, 1.54) is 19.3 Å². The molecule has 19 heavy (non-hydrogen) atoms. The van der Waals surface area contributed by atoms with E-state index in [0.29, 0.717) is 22.9 Å². The third-order valence-corrected chi connectivity index (χ3v) is 4.51. The average molecular weight is 269 g/mol. The summed E-state index contributed by atoms with van der Waals surface area (Å²) in [7, 11) is 0. The Morgan fingerprint density at radius 3 is 2.37 bits per heavy atom. The van der Waals surface area contributed by atoms with Gasteiger partial charge in [0.1, 0.15) is 0 Å². The molecule has 1 rings (SSSR count). The second-order valence-corrected chi connectivity index (χ2v) is 7.92. The van der Waals surface area contributed by atoms with E-state index < -0.39 is 0 Å². The molecular formula is C16H35N3. The lowest BCUT2D eigenvalue weighted by molar-refractivity contribution is 0.0690. The molecule has 1 fully saturated rings. The van der Waals surface area contributed by atoms with Gasteiger partial charge in [-0.15, -0.1) is 0 Å². The monoisotopic (exact) mass is 269 g/mol. The molecule has 6 N–H and O–H groups in total. The van der Waals surface area contributed by atoms with Crippen LogP contribution in [0.2, 0.25) is 0 Å². The summed E-state index contributed by atoms with van der Waals surface area (Å²) >= 11 is 0. The van der Waals surface area contributed by atoms with E-state index in [0.717, 1.165) is 38.6 Å². The Labute approximate surface area is 119 Å². The largest absolute Gasteiger partial charge is 0.330 e. The van der Waals surface area contributed by atoms with Crippen molar-refractivity contribution in [3.05, 3.63) is 0 Å². The van der Waals surface area contributed by atoms with Crippen LogP contribution in [0.15, 0.2) is 0 Å². The van der Waals surface area contributed by atoms with Crippen LogP contribution >= 0.6 is 0 Å². The fourth-order valence-corrected chi connectivity index (χ4v) is 4.33. The molecule has 0 aromatic heterocycles. The summed E-state index contributed by atoms with van der Waals surface area (Å²) in [4.78, 5) is 0. The Morgan fingerprint density at radius 2 is 1.79 bits per heavy atom. The highest BCUT2D eigenvalue weighted by Crippen LogP contribution is 2.48. The molecule has 3 atom stereocenters. The lowest BCUT2D eigenvalue weighted by Crippen LogP contribution is -2.44. The van der Waals surface area contributed by atoms with Gasteiger partial charge in [-0.25, -0.2) is 0 Å². The molecule has 1 saturated carbocycles. The van der Waals surface area contributed by atoms with Gasteiger partial charge in [0.05, 0.1) is 0 Å². The van der Waals surface area contributed by atoms with E-state index in [4.69, 9.17) is 17.2 Å². The van der Waals surface area contributed by atoms with Crippen LogP contribution in [0.5, 0.6) is 0 Å². The molecule has 0 radical (unpaired) electrons. The topological polar surface area (TPSA) is 78.1 Å². The molecule has 0 saturated heterocycles. The van der Waals surface area contributed by atoms with E-state index >= 15 is 0 Å². The SMILES string of the molecule is CC1(C)CC(N)CC(C)(CC(N)CCCCCN)C1. The molecule has 1 aliphatic rings. The summed E-state index contributed by atoms with van der Waals surface area (Å²) in [6.45, 7) is 7.87. The minimum Gasteiger partial charge on any atom is -0.330 e. The molecular weight excluding hydrogens is 234 g/mol. The zero-order valence-corrected chi connectivity index (χ0v) is 13.3. The molecule has 0 aromatic rings. The van der Waals surface area contributed by atoms with E-state index in [1.807, 2.05) is 0 Å². The average Bonchev–Trinajstić information content (AvgIpc) is 2.19. The maximum absolute atomic E-state index is 6.33. The highest BCUT2D eigenvalue weighted by Gasteiger charge is 2.40. The molecule has 3 unspecified atom stereocenters. The second-order valence-electron chi connectivity index (χ2n) is 7.92. The van der Waals surface area contributed by atoms with Crippen molar-refractivity contribution in [3.63, 3.8) is 0 Å². The molecule has 0 spiro atoms. The highest BCUT2D eigenvalue weighted by molar-refractivity contribution is 4.94. The van der Waals surface area contributed by atoms with Gasteiger partial charge in [0.2, 0.25) is 0 Å². The number of hydrogen-bond donors (Lipinski definition) is 3. The molecule has 0 aliphatic heterocycles. The Hall–Kier alpha value is -0.120. The predicted molar refractivity (Wildman–Crippen MR) is 83.8 cm³/mol. The van der Waals surface area contributed by atoms with Gasteiger partial charge >= 0.3 is 0 Å². The van der Waals surface area contributed by atoms with Crippen molar-refractivity contribution < 1.29 is 0 Å². The quantitative estimate of drug-likeness (QED) is 0.622. The first kappa shape index (κ1) is 16.9. The van der Waals surface area contributed by atoms with Gasteiger partial charge in [0, 0.05) is 12.1 Å². The van der Waals surface area contributed by atoms with Crippen LogP contribution in [0.25, 0.3) is 0 Å². The number of unbranched alkanes of at least 4 members (excludes halogenated alkanes) is 2. The minimum absolute atomic E-state index is 0.323. The first-order chi connectivity index (χ1) is 8.76. The smallest absolute Gasteiger partial charge is 0.00491 e. The van der Waals surface area contributed by atoms with Crippen molar-refractivity contribution >= 4 is 0 Å². The highest BCUT2D eigenvalue weighted by atomic mass is 14.7. The summed E-state index contributed by atoms with van der Waals surface area (Å²) in [6, 6.07) is 0.669. The second kappa shape index (κ2) is 7.05. The lowest BCUT2D eigenvalue weighted by Gasteiger charge is -2.46. The van der Waals surface area contributed by atoms with Gasteiger partial charge in [0.25, 0.3) is 0 Å². The van der Waals surface area contributed by atoms with Gasteiger partial charge < -0.3 is 17.2 Å². The summed E-state index contributed by atoms with van der Waals surface area (Å²) in [5.74, 6) is 0. The van der Waals surface area contributed by atoms with Gasteiger partial charge in [0.15, 0.2) is 0 Å². The Balaban J connectivity index is 2.40. The molecule has 0 amide bonds. The molecule has 0 heterocycles. The van der Waals surface area contributed by atoms with Crippen LogP contribution < -0.4 is 17.2 Å². The van der Waals surface area contributed by atoms with Crippen molar-refractivity contribution in [2.45, 2.75) is 84.2 Å².